The van der Waals surface area contributed by atoms with Gasteiger partial charge >= 0.3 is 0 Å². The number of anilines is 1. The van der Waals surface area contributed by atoms with Crippen LogP contribution in [0.15, 0.2) is 54.7 Å². The molecule has 0 aliphatic carbocycles. The Hall–Kier alpha value is -2.62. The largest absolute Gasteiger partial charge is 0.377 e. The maximum Gasteiger partial charge on any atom is 0.235 e. The van der Waals surface area contributed by atoms with Crippen molar-refractivity contribution in [1.29, 1.82) is 0 Å². The number of rotatable bonds is 4. The molecular formula is C16H16N2O2. The van der Waals surface area contributed by atoms with Gasteiger partial charge in [-0.05, 0) is 17.2 Å². The summed E-state index contributed by atoms with van der Waals surface area (Å²) in [5.74, 6) is 0. The maximum atomic E-state index is 10.5. The Morgan fingerprint density at radius 2 is 1.60 bits per heavy atom. The minimum atomic E-state index is -0.450. The van der Waals surface area contributed by atoms with Crippen molar-refractivity contribution >= 4 is 11.8 Å². The lowest BCUT2D eigenvalue weighted by atomic mass is 9.98. The number of nitro groups is 1. The van der Waals surface area contributed by atoms with E-state index >= 15 is 0 Å². The topological polar surface area (TPSA) is 46.4 Å². The fourth-order valence-corrected chi connectivity index (χ4v) is 2.12. The Labute approximate surface area is 118 Å². The van der Waals surface area contributed by atoms with Gasteiger partial charge in [-0.1, -0.05) is 42.5 Å². The predicted octanol–water partition coefficient (Wildman–Crippen LogP) is 3.67. The van der Waals surface area contributed by atoms with Crippen LogP contribution in [0.2, 0.25) is 0 Å². The fourth-order valence-electron chi connectivity index (χ4n) is 2.12. The molecule has 0 fully saturated rings. The monoisotopic (exact) mass is 268 g/mol. The summed E-state index contributed by atoms with van der Waals surface area (Å²) in [6, 6.07) is 15.7. The molecule has 0 saturated carbocycles. The summed E-state index contributed by atoms with van der Waals surface area (Å²) >= 11 is 0. The minimum Gasteiger partial charge on any atom is -0.377 e. The van der Waals surface area contributed by atoms with Crippen LogP contribution in [-0.2, 0) is 0 Å². The van der Waals surface area contributed by atoms with Crippen molar-refractivity contribution in [2.45, 2.75) is 0 Å². The predicted molar refractivity (Wildman–Crippen MR) is 82.2 cm³/mol. The third kappa shape index (κ3) is 3.03. The first-order valence-electron chi connectivity index (χ1n) is 6.27. The molecule has 0 atom stereocenters. The summed E-state index contributed by atoms with van der Waals surface area (Å²) in [4.78, 5) is 12.1. The fraction of sp³-hybridized carbons (Fsp3) is 0.125. The highest BCUT2D eigenvalue weighted by Gasteiger charge is 2.09. The highest BCUT2D eigenvalue weighted by molar-refractivity contribution is 5.84. The van der Waals surface area contributed by atoms with Crippen molar-refractivity contribution in [2.24, 2.45) is 0 Å². The summed E-state index contributed by atoms with van der Waals surface area (Å²) in [6.07, 6.45) is 2.50. The van der Waals surface area contributed by atoms with Crippen LogP contribution in [0.5, 0.6) is 0 Å². The highest BCUT2D eigenvalue weighted by atomic mass is 16.6. The molecule has 0 N–H and O–H groups in total. The molecule has 0 saturated heterocycles. The molecular weight excluding hydrogens is 252 g/mol. The summed E-state index contributed by atoms with van der Waals surface area (Å²) in [6.45, 7) is 0. The van der Waals surface area contributed by atoms with Crippen LogP contribution in [-0.4, -0.2) is 19.0 Å². The van der Waals surface area contributed by atoms with Crippen LogP contribution in [0.1, 0.15) is 5.56 Å². The summed E-state index contributed by atoms with van der Waals surface area (Å²) in [5, 5.41) is 10.5. The van der Waals surface area contributed by atoms with Gasteiger partial charge in [0.1, 0.15) is 0 Å². The first kappa shape index (κ1) is 13.8. The quantitative estimate of drug-likeness (QED) is 0.628. The summed E-state index contributed by atoms with van der Waals surface area (Å²) < 4.78 is 0. The van der Waals surface area contributed by atoms with Crippen molar-refractivity contribution < 1.29 is 4.92 Å². The van der Waals surface area contributed by atoms with E-state index in [0.29, 0.717) is 0 Å². The van der Waals surface area contributed by atoms with Gasteiger partial charge in [0.25, 0.3) is 0 Å². The third-order valence-corrected chi connectivity index (χ3v) is 3.01. The Morgan fingerprint density at radius 1 is 1.00 bits per heavy atom. The lowest BCUT2D eigenvalue weighted by Crippen LogP contribution is -2.09. The van der Waals surface area contributed by atoms with E-state index < -0.39 is 4.92 Å². The molecule has 0 heterocycles. The van der Waals surface area contributed by atoms with E-state index in [1.807, 2.05) is 67.5 Å². The van der Waals surface area contributed by atoms with Crippen LogP contribution in [0.25, 0.3) is 17.2 Å². The Bertz CT molecular complexity index is 648. The highest BCUT2D eigenvalue weighted by Crippen LogP contribution is 2.32. The van der Waals surface area contributed by atoms with E-state index in [-0.39, 0.29) is 0 Å². The first-order chi connectivity index (χ1) is 9.59. The van der Waals surface area contributed by atoms with Crippen LogP contribution < -0.4 is 4.90 Å². The van der Waals surface area contributed by atoms with Gasteiger partial charge in [-0.25, -0.2) is 0 Å². The van der Waals surface area contributed by atoms with Gasteiger partial charge in [-0.15, -0.1) is 0 Å². The maximum absolute atomic E-state index is 10.5. The summed E-state index contributed by atoms with van der Waals surface area (Å²) in [5.41, 5.74) is 3.95. The van der Waals surface area contributed by atoms with Crippen molar-refractivity contribution in [1.82, 2.24) is 0 Å². The molecule has 102 valence electrons. The second-order valence-electron chi connectivity index (χ2n) is 4.60. The molecule has 0 bridgehead atoms. The summed E-state index contributed by atoms with van der Waals surface area (Å²) in [7, 11) is 3.96. The smallest absolute Gasteiger partial charge is 0.235 e. The first-order valence-corrected chi connectivity index (χ1v) is 6.27. The lowest BCUT2D eigenvalue weighted by Gasteiger charge is -2.18. The molecule has 0 aromatic heterocycles. The number of para-hydroxylation sites is 1. The van der Waals surface area contributed by atoms with Crippen LogP contribution in [0, 0.1) is 10.1 Å². The minimum absolute atomic E-state index is 0.450. The number of hydrogen-bond donors (Lipinski definition) is 0. The molecule has 0 amide bonds. The van der Waals surface area contributed by atoms with Crippen LogP contribution in [0.3, 0.4) is 0 Å². The zero-order valence-electron chi connectivity index (χ0n) is 11.5. The zero-order chi connectivity index (χ0) is 14.5. The molecule has 4 nitrogen and oxygen atoms in total. The third-order valence-electron chi connectivity index (χ3n) is 3.01. The molecule has 0 spiro atoms. The van der Waals surface area contributed by atoms with Crippen molar-refractivity contribution in [2.75, 3.05) is 19.0 Å². The van der Waals surface area contributed by atoms with Gasteiger partial charge in [-0.3, -0.25) is 10.1 Å². The molecule has 0 unspecified atom stereocenters. The van der Waals surface area contributed by atoms with E-state index in [0.717, 1.165) is 28.6 Å². The van der Waals surface area contributed by atoms with Crippen LogP contribution >= 0.6 is 0 Å². The molecule has 20 heavy (non-hydrogen) atoms. The lowest BCUT2D eigenvalue weighted by molar-refractivity contribution is -0.400. The van der Waals surface area contributed by atoms with Gasteiger partial charge in [0.2, 0.25) is 6.20 Å². The Kier molecular flexibility index (Phi) is 4.15. The van der Waals surface area contributed by atoms with E-state index in [9.17, 15) is 10.1 Å². The zero-order valence-corrected chi connectivity index (χ0v) is 11.5. The molecule has 0 aliphatic rings. The second-order valence-corrected chi connectivity index (χ2v) is 4.60. The van der Waals surface area contributed by atoms with Gasteiger partial charge < -0.3 is 4.90 Å². The Morgan fingerprint density at radius 3 is 2.25 bits per heavy atom. The van der Waals surface area contributed by atoms with Gasteiger partial charge in [0.05, 0.1) is 4.92 Å². The van der Waals surface area contributed by atoms with E-state index in [1.54, 1.807) is 0 Å². The van der Waals surface area contributed by atoms with Gasteiger partial charge in [0.15, 0.2) is 0 Å². The van der Waals surface area contributed by atoms with E-state index in [2.05, 4.69) is 0 Å². The number of hydrogen-bond acceptors (Lipinski definition) is 3. The molecule has 0 aliphatic heterocycles. The van der Waals surface area contributed by atoms with Crippen molar-refractivity contribution in [3.8, 4) is 11.1 Å². The molecule has 2 aromatic carbocycles. The molecule has 4 heteroatoms. The SMILES string of the molecule is CN(C)c1ccccc1-c1ccccc1/C=C/[N+](=O)[O-]. The van der Waals surface area contributed by atoms with E-state index in [4.69, 9.17) is 0 Å². The van der Waals surface area contributed by atoms with Crippen molar-refractivity contribution in [3.05, 3.63) is 70.4 Å². The second kappa shape index (κ2) is 6.02. The molecule has 2 rings (SSSR count). The average molecular weight is 268 g/mol. The Balaban J connectivity index is 2.56. The van der Waals surface area contributed by atoms with Gasteiger partial charge in [-0.2, -0.15) is 0 Å². The van der Waals surface area contributed by atoms with Gasteiger partial charge in [0, 0.05) is 31.4 Å². The van der Waals surface area contributed by atoms with Crippen molar-refractivity contribution in [3.63, 3.8) is 0 Å². The number of benzene rings is 2. The molecule has 0 radical (unpaired) electrons. The average Bonchev–Trinajstić information content (AvgIpc) is 2.45. The van der Waals surface area contributed by atoms with Crippen LogP contribution in [0.4, 0.5) is 5.69 Å². The standard InChI is InChI=1S/C16H16N2O2/c1-17(2)16-10-6-5-9-15(16)14-8-4-3-7-13(14)11-12-18(19)20/h3-12H,1-2H3/b12-11+. The van der Waals surface area contributed by atoms with E-state index in [1.165, 1.54) is 6.08 Å². The number of nitrogens with zero attached hydrogens (tertiary/aromatic N) is 2. The normalized spacial score (nSPS) is 10.7. The molecule has 2 aromatic rings.